The Bertz CT molecular complexity index is 1860. The van der Waals surface area contributed by atoms with E-state index in [9.17, 15) is 9.59 Å². The molecule has 2 heterocycles. The summed E-state index contributed by atoms with van der Waals surface area (Å²) in [5.74, 6) is 1.07. The minimum atomic E-state index is -0.770. The van der Waals surface area contributed by atoms with E-state index in [1.807, 2.05) is 48.5 Å². The van der Waals surface area contributed by atoms with Gasteiger partial charge in [0.2, 0.25) is 0 Å². The number of carbonyl (C=O) groups is 1. The molecule has 0 aliphatic carbocycles. The van der Waals surface area contributed by atoms with Crippen molar-refractivity contribution in [3.63, 3.8) is 0 Å². The monoisotopic (exact) mass is 604 g/mol. The second-order valence-electron chi connectivity index (χ2n) is 9.33. The Morgan fingerprint density at radius 2 is 1.76 bits per heavy atom. The van der Waals surface area contributed by atoms with Crippen LogP contribution in [0.4, 0.5) is 0 Å². The van der Waals surface area contributed by atoms with E-state index in [-0.39, 0.29) is 18.8 Å². The number of benzene rings is 3. The first-order valence-corrected chi connectivity index (χ1v) is 14.4. The number of nitrogens with zero attached hydrogens (tertiary/aromatic N) is 2. The van der Waals surface area contributed by atoms with Crippen molar-refractivity contribution in [2.75, 3.05) is 20.8 Å². The number of hydrogen-bond acceptors (Lipinski definition) is 8. The summed E-state index contributed by atoms with van der Waals surface area (Å²) in [4.78, 5) is 32.2. The van der Waals surface area contributed by atoms with Crippen LogP contribution in [-0.4, -0.2) is 31.4 Å². The molecular weight excluding hydrogens is 576 g/mol. The van der Waals surface area contributed by atoms with Crippen LogP contribution in [0.15, 0.2) is 87.8 Å². The van der Waals surface area contributed by atoms with E-state index in [1.165, 1.54) is 15.9 Å². The molecule has 0 N–H and O–H groups in total. The van der Waals surface area contributed by atoms with Gasteiger partial charge in [-0.15, -0.1) is 0 Å². The Labute approximate surface area is 251 Å². The van der Waals surface area contributed by atoms with Crippen LogP contribution in [0.3, 0.4) is 0 Å². The van der Waals surface area contributed by atoms with Gasteiger partial charge in [-0.2, -0.15) is 0 Å². The average molecular weight is 605 g/mol. The summed E-state index contributed by atoms with van der Waals surface area (Å²) < 4.78 is 24.5. The van der Waals surface area contributed by atoms with Gasteiger partial charge in [0.1, 0.15) is 18.4 Å². The number of halogens is 1. The number of carbonyl (C=O) groups excluding carboxylic acids is 1. The molecular formula is C32H29ClN2O6S. The molecule has 42 heavy (non-hydrogen) atoms. The van der Waals surface area contributed by atoms with Crippen LogP contribution in [0.25, 0.3) is 6.08 Å². The predicted octanol–water partition coefficient (Wildman–Crippen LogP) is 5.05. The van der Waals surface area contributed by atoms with Crippen LogP contribution < -0.4 is 29.1 Å². The smallest absolute Gasteiger partial charge is 0.338 e. The maximum atomic E-state index is 13.9. The number of hydrogen-bond donors (Lipinski definition) is 0. The van der Waals surface area contributed by atoms with Gasteiger partial charge in [0, 0.05) is 16.1 Å². The molecule has 0 fully saturated rings. The minimum Gasteiger partial charge on any atom is -0.496 e. The summed E-state index contributed by atoms with van der Waals surface area (Å²) >= 11 is 7.51. The Kier molecular flexibility index (Phi) is 8.80. The highest BCUT2D eigenvalue weighted by Gasteiger charge is 2.34. The summed E-state index contributed by atoms with van der Waals surface area (Å²) in [7, 11) is 3.11. The zero-order valence-corrected chi connectivity index (χ0v) is 25.1. The molecule has 4 aromatic rings. The molecule has 0 saturated carbocycles. The number of rotatable bonds is 9. The van der Waals surface area contributed by atoms with Crippen LogP contribution in [-0.2, 0) is 16.1 Å². The third-order valence-electron chi connectivity index (χ3n) is 6.78. The van der Waals surface area contributed by atoms with Crippen molar-refractivity contribution in [3.05, 3.63) is 119 Å². The normalized spacial score (nSPS) is 14.7. The van der Waals surface area contributed by atoms with Crippen molar-refractivity contribution in [2.45, 2.75) is 26.5 Å². The minimum absolute atomic E-state index is 0.193. The summed E-state index contributed by atoms with van der Waals surface area (Å²) in [6.07, 6.45) is 1.77. The zero-order valence-electron chi connectivity index (χ0n) is 23.5. The summed E-state index contributed by atoms with van der Waals surface area (Å²) in [5.41, 5.74) is 2.74. The van der Waals surface area contributed by atoms with E-state index in [0.717, 1.165) is 11.1 Å². The first kappa shape index (κ1) is 29.2. The molecule has 0 bridgehead atoms. The van der Waals surface area contributed by atoms with E-state index in [1.54, 1.807) is 52.3 Å². The summed E-state index contributed by atoms with van der Waals surface area (Å²) in [5, 5.41) is 0.622. The van der Waals surface area contributed by atoms with Crippen molar-refractivity contribution in [1.29, 1.82) is 0 Å². The molecule has 1 aliphatic rings. The van der Waals surface area contributed by atoms with E-state index >= 15 is 0 Å². The SMILES string of the molecule is CCOC(=O)C1=C(C)N=c2s/c(=C/c3ccc(OCc4ccccc4Cl)c(OC)c3)c(=O)n2[C@H]1c1ccccc1OC. The van der Waals surface area contributed by atoms with E-state index < -0.39 is 12.0 Å². The van der Waals surface area contributed by atoms with Crippen LogP contribution in [0.2, 0.25) is 5.02 Å². The lowest BCUT2D eigenvalue weighted by Gasteiger charge is -2.25. The van der Waals surface area contributed by atoms with Gasteiger partial charge in [-0.05, 0) is 49.8 Å². The third-order valence-corrected chi connectivity index (χ3v) is 8.13. The fourth-order valence-electron chi connectivity index (χ4n) is 4.79. The molecule has 216 valence electrons. The quantitative estimate of drug-likeness (QED) is 0.249. The largest absolute Gasteiger partial charge is 0.496 e. The van der Waals surface area contributed by atoms with E-state index in [0.29, 0.717) is 48.4 Å². The molecule has 10 heteroatoms. The van der Waals surface area contributed by atoms with Gasteiger partial charge in [0.05, 0.1) is 36.6 Å². The zero-order chi connectivity index (χ0) is 29.8. The van der Waals surface area contributed by atoms with Crippen LogP contribution >= 0.6 is 22.9 Å². The fourth-order valence-corrected chi connectivity index (χ4v) is 6.03. The number of allylic oxidation sites excluding steroid dienone is 1. The first-order valence-electron chi connectivity index (χ1n) is 13.2. The highest BCUT2D eigenvalue weighted by molar-refractivity contribution is 7.07. The topological polar surface area (TPSA) is 88.4 Å². The second-order valence-corrected chi connectivity index (χ2v) is 10.8. The molecule has 1 atom stereocenters. The van der Waals surface area contributed by atoms with Gasteiger partial charge in [-0.25, -0.2) is 9.79 Å². The number of esters is 1. The van der Waals surface area contributed by atoms with Gasteiger partial charge < -0.3 is 18.9 Å². The van der Waals surface area contributed by atoms with E-state index in [4.69, 9.17) is 30.5 Å². The molecule has 0 saturated heterocycles. The van der Waals surface area contributed by atoms with Gasteiger partial charge in [-0.1, -0.05) is 65.4 Å². The Balaban J connectivity index is 1.57. The lowest BCUT2D eigenvalue weighted by atomic mass is 9.95. The maximum absolute atomic E-state index is 13.9. The van der Waals surface area contributed by atoms with Crippen molar-refractivity contribution < 1.29 is 23.7 Å². The molecule has 5 rings (SSSR count). The van der Waals surface area contributed by atoms with Crippen molar-refractivity contribution in [2.24, 2.45) is 4.99 Å². The highest BCUT2D eigenvalue weighted by atomic mass is 35.5. The molecule has 0 spiro atoms. The van der Waals surface area contributed by atoms with Gasteiger partial charge >= 0.3 is 5.97 Å². The molecule has 1 aliphatic heterocycles. The van der Waals surface area contributed by atoms with Crippen LogP contribution in [0.1, 0.15) is 36.6 Å². The molecule has 1 aromatic heterocycles. The molecule has 0 radical (unpaired) electrons. The number of methoxy groups -OCH3 is 2. The van der Waals surface area contributed by atoms with Crippen LogP contribution in [0, 0.1) is 0 Å². The van der Waals surface area contributed by atoms with Crippen molar-refractivity contribution in [3.8, 4) is 17.2 Å². The number of ether oxygens (including phenoxy) is 4. The fraction of sp³-hybridized carbons (Fsp3) is 0.219. The average Bonchev–Trinajstić information content (AvgIpc) is 3.30. The lowest BCUT2D eigenvalue weighted by molar-refractivity contribution is -0.139. The summed E-state index contributed by atoms with van der Waals surface area (Å²) in [6.45, 7) is 3.96. The third kappa shape index (κ3) is 5.70. The van der Waals surface area contributed by atoms with Gasteiger partial charge in [-0.3, -0.25) is 9.36 Å². The molecule has 3 aromatic carbocycles. The highest BCUT2D eigenvalue weighted by Crippen LogP contribution is 2.36. The molecule has 8 nitrogen and oxygen atoms in total. The number of aromatic nitrogens is 1. The number of thiazole rings is 1. The lowest BCUT2D eigenvalue weighted by Crippen LogP contribution is -2.40. The van der Waals surface area contributed by atoms with Gasteiger partial charge in [0.25, 0.3) is 5.56 Å². The number of fused-ring (bicyclic) bond motifs is 1. The number of para-hydroxylation sites is 1. The molecule has 0 amide bonds. The molecule has 0 unspecified atom stereocenters. The summed E-state index contributed by atoms with van der Waals surface area (Å²) in [6, 6.07) is 19.4. The van der Waals surface area contributed by atoms with Crippen LogP contribution in [0.5, 0.6) is 17.2 Å². The Morgan fingerprint density at radius 3 is 2.50 bits per heavy atom. The van der Waals surface area contributed by atoms with Gasteiger partial charge in [0.15, 0.2) is 16.3 Å². The first-order chi connectivity index (χ1) is 20.4. The standard InChI is InChI=1S/C32H29ClN2O6S/c1-5-40-31(37)28-19(2)34-32-35(29(28)22-11-7-9-13-24(22)38-3)30(36)27(42-32)17-20-14-15-25(26(16-20)39-4)41-18-21-10-6-8-12-23(21)33/h6-17,29H,5,18H2,1-4H3/b27-17+/t29-/m0/s1. The van der Waals surface area contributed by atoms with Crippen molar-refractivity contribution >= 4 is 35.0 Å². The predicted molar refractivity (Wildman–Crippen MR) is 162 cm³/mol. The Morgan fingerprint density at radius 1 is 1.02 bits per heavy atom. The van der Waals surface area contributed by atoms with E-state index in [2.05, 4.69) is 4.99 Å². The van der Waals surface area contributed by atoms with Crippen molar-refractivity contribution in [1.82, 2.24) is 4.57 Å². The maximum Gasteiger partial charge on any atom is 0.338 e. The Hall–Kier alpha value is -4.34. The second kappa shape index (κ2) is 12.7.